The molecule has 2 fully saturated rings. The van der Waals surface area contributed by atoms with Gasteiger partial charge in [-0.15, -0.1) is 0 Å². The van der Waals surface area contributed by atoms with Crippen molar-refractivity contribution in [2.24, 2.45) is 0 Å². The van der Waals surface area contributed by atoms with Crippen LogP contribution in [-0.2, 0) is 24.7 Å². The zero-order chi connectivity index (χ0) is 21.2. The first-order valence-electron chi connectivity index (χ1n) is 9.56. The van der Waals surface area contributed by atoms with Gasteiger partial charge in [0.1, 0.15) is 4.90 Å². The summed E-state index contributed by atoms with van der Waals surface area (Å²) in [6.07, 6.45) is 3.14. The molecule has 162 valence electrons. The van der Waals surface area contributed by atoms with E-state index >= 15 is 0 Å². The van der Waals surface area contributed by atoms with E-state index in [0.717, 1.165) is 12.8 Å². The van der Waals surface area contributed by atoms with Crippen molar-refractivity contribution < 1.29 is 21.6 Å². The molecular weight excluding hydrogens is 459 g/mol. The number of sulfonamides is 1. The van der Waals surface area contributed by atoms with Gasteiger partial charge in [0.2, 0.25) is 15.9 Å². The van der Waals surface area contributed by atoms with E-state index in [9.17, 15) is 21.6 Å². The van der Waals surface area contributed by atoms with Gasteiger partial charge in [-0.05, 0) is 31.0 Å². The Morgan fingerprint density at radius 3 is 2.24 bits per heavy atom. The van der Waals surface area contributed by atoms with E-state index in [0.29, 0.717) is 12.8 Å². The molecule has 1 heterocycles. The molecule has 0 spiro atoms. The predicted octanol–water partition coefficient (Wildman–Crippen LogP) is 2.57. The van der Waals surface area contributed by atoms with E-state index in [1.165, 1.54) is 27.4 Å². The summed E-state index contributed by atoms with van der Waals surface area (Å²) in [5.41, 5.74) is 0. The summed E-state index contributed by atoms with van der Waals surface area (Å²) in [5.74, 6) is -0.406. The number of carbonyl (C=O) groups excluding carboxylic acids is 1. The lowest BCUT2D eigenvalue weighted by Gasteiger charge is -2.34. The minimum absolute atomic E-state index is 0.0610. The summed E-state index contributed by atoms with van der Waals surface area (Å²) in [5, 5.41) is 0.0371. The second-order valence-corrected chi connectivity index (χ2v) is 12.5. The Kier molecular flexibility index (Phi) is 7.15. The first-order chi connectivity index (χ1) is 13.6. The molecule has 0 N–H and O–H groups in total. The molecule has 0 bridgehead atoms. The maximum absolute atomic E-state index is 12.8. The largest absolute Gasteiger partial charge is 0.340 e. The van der Waals surface area contributed by atoms with Crippen LogP contribution in [0.15, 0.2) is 23.1 Å². The Morgan fingerprint density at radius 2 is 1.62 bits per heavy atom. The number of hydrogen-bond donors (Lipinski definition) is 0. The quantitative estimate of drug-likeness (QED) is 0.620. The van der Waals surface area contributed by atoms with Crippen molar-refractivity contribution in [2.45, 2.75) is 42.2 Å². The normalized spacial score (nSPS) is 19.6. The van der Waals surface area contributed by atoms with Crippen molar-refractivity contribution >= 4 is 49.0 Å². The average molecular weight is 483 g/mol. The maximum Gasteiger partial charge on any atom is 0.244 e. The fraction of sp³-hybridized carbons (Fsp3) is 0.611. The number of benzene rings is 1. The molecule has 0 atom stereocenters. The minimum atomic E-state index is -3.83. The van der Waals surface area contributed by atoms with Crippen molar-refractivity contribution in [3.63, 3.8) is 0 Å². The molecule has 7 nitrogen and oxygen atoms in total. The Morgan fingerprint density at radius 1 is 1.00 bits per heavy atom. The van der Waals surface area contributed by atoms with Gasteiger partial charge in [0.15, 0.2) is 9.84 Å². The van der Waals surface area contributed by atoms with Crippen molar-refractivity contribution in [1.29, 1.82) is 0 Å². The van der Waals surface area contributed by atoms with Gasteiger partial charge in [-0.1, -0.05) is 36.0 Å². The SMILES string of the molecule is O=C(CCS(=O)(=O)C1CCCC1)N1CCN(S(=O)(=O)c2cc(Cl)ccc2Cl)CC1. The zero-order valence-corrected chi connectivity index (χ0v) is 19.0. The highest BCUT2D eigenvalue weighted by Crippen LogP contribution is 2.29. The van der Waals surface area contributed by atoms with Crippen LogP contribution in [0.25, 0.3) is 0 Å². The number of nitrogens with zero attached hydrogens (tertiary/aromatic N) is 2. The molecule has 1 aliphatic heterocycles. The topological polar surface area (TPSA) is 91.8 Å². The van der Waals surface area contributed by atoms with Gasteiger partial charge >= 0.3 is 0 Å². The molecule has 0 radical (unpaired) electrons. The summed E-state index contributed by atoms with van der Waals surface area (Å²) in [4.78, 5) is 13.9. The molecule has 3 rings (SSSR count). The van der Waals surface area contributed by atoms with Crippen molar-refractivity contribution in [3.05, 3.63) is 28.2 Å². The van der Waals surface area contributed by atoms with E-state index in [1.54, 1.807) is 0 Å². The number of halogens is 2. The fourth-order valence-corrected chi connectivity index (χ4v) is 7.80. The van der Waals surface area contributed by atoms with E-state index in [4.69, 9.17) is 23.2 Å². The van der Waals surface area contributed by atoms with Crippen LogP contribution in [-0.4, -0.2) is 69.1 Å². The summed E-state index contributed by atoms with van der Waals surface area (Å²) < 4.78 is 51.6. The summed E-state index contributed by atoms with van der Waals surface area (Å²) in [6.45, 7) is 0.651. The monoisotopic (exact) mass is 482 g/mol. The van der Waals surface area contributed by atoms with E-state index in [2.05, 4.69) is 0 Å². The second-order valence-electron chi connectivity index (χ2n) is 7.38. The van der Waals surface area contributed by atoms with Crippen LogP contribution in [0, 0.1) is 0 Å². The van der Waals surface area contributed by atoms with Crippen LogP contribution in [0.3, 0.4) is 0 Å². The number of piperazine rings is 1. The van der Waals surface area contributed by atoms with Gasteiger partial charge in [0.05, 0.1) is 16.0 Å². The Hall–Kier alpha value is -0.870. The number of rotatable bonds is 6. The Bertz CT molecular complexity index is 968. The van der Waals surface area contributed by atoms with Crippen LogP contribution >= 0.6 is 23.2 Å². The molecule has 1 amide bonds. The highest BCUT2D eigenvalue weighted by molar-refractivity contribution is 7.92. The van der Waals surface area contributed by atoms with Crippen LogP contribution in [0.5, 0.6) is 0 Å². The summed E-state index contributed by atoms with van der Waals surface area (Å²) in [6, 6.07) is 4.26. The zero-order valence-electron chi connectivity index (χ0n) is 15.9. The van der Waals surface area contributed by atoms with Gasteiger partial charge < -0.3 is 4.90 Å². The van der Waals surface area contributed by atoms with Gasteiger partial charge in [-0.2, -0.15) is 4.31 Å². The Labute approximate surface area is 181 Å². The van der Waals surface area contributed by atoms with Gasteiger partial charge in [-0.3, -0.25) is 4.79 Å². The summed E-state index contributed by atoms with van der Waals surface area (Å²) >= 11 is 11.9. The standard InChI is InChI=1S/C18H24Cl2N2O5S2/c19-14-5-6-16(20)17(13-14)29(26,27)22-10-8-21(9-11-22)18(23)7-12-28(24,25)15-3-1-2-4-15/h5-6,13,15H,1-4,7-12H2. The third-order valence-corrected chi connectivity index (χ3v) is 10.4. The minimum Gasteiger partial charge on any atom is -0.340 e. The number of sulfone groups is 1. The van der Waals surface area contributed by atoms with Crippen LogP contribution in [0.1, 0.15) is 32.1 Å². The number of hydrogen-bond acceptors (Lipinski definition) is 5. The van der Waals surface area contributed by atoms with E-state index in [1.807, 2.05) is 0 Å². The summed E-state index contributed by atoms with van der Waals surface area (Å²) in [7, 11) is -7.08. The third-order valence-electron chi connectivity index (χ3n) is 5.51. The van der Waals surface area contributed by atoms with Crippen LogP contribution in [0.2, 0.25) is 10.0 Å². The lowest BCUT2D eigenvalue weighted by molar-refractivity contribution is -0.131. The number of carbonyl (C=O) groups is 1. The number of amides is 1. The first-order valence-corrected chi connectivity index (χ1v) is 13.5. The molecule has 0 unspecified atom stereocenters. The fourth-order valence-electron chi connectivity index (χ4n) is 3.79. The van der Waals surface area contributed by atoms with Crippen molar-refractivity contribution in [2.75, 3.05) is 31.9 Å². The molecule has 1 saturated heterocycles. The van der Waals surface area contributed by atoms with Gasteiger partial charge in [0, 0.05) is 37.6 Å². The predicted molar refractivity (Wildman–Crippen MR) is 112 cm³/mol. The Balaban J connectivity index is 1.57. The van der Waals surface area contributed by atoms with Crippen molar-refractivity contribution in [1.82, 2.24) is 9.21 Å². The highest BCUT2D eigenvalue weighted by atomic mass is 35.5. The molecule has 1 saturated carbocycles. The molecule has 11 heteroatoms. The molecule has 1 aromatic rings. The van der Waals surface area contributed by atoms with E-state index < -0.39 is 19.9 Å². The van der Waals surface area contributed by atoms with Crippen LogP contribution < -0.4 is 0 Å². The molecule has 2 aliphatic rings. The molecule has 1 aromatic carbocycles. The molecule has 29 heavy (non-hydrogen) atoms. The lowest BCUT2D eigenvalue weighted by atomic mass is 10.3. The molecule has 1 aliphatic carbocycles. The second kappa shape index (κ2) is 9.09. The molecular formula is C18H24Cl2N2O5S2. The lowest BCUT2D eigenvalue weighted by Crippen LogP contribution is -2.50. The highest BCUT2D eigenvalue weighted by Gasteiger charge is 2.33. The van der Waals surface area contributed by atoms with E-state index in [-0.39, 0.29) is 64.5 Å². The average Bonchev–Trinajstić information content (AvgIpc) is 3.24. The first kappa shape index (κ1) is 22.8. The van der Waals surface area contributed by atoms with Gasteiger partial charge in [0.25, 0.3) is 0 Å². The van der Waals surface area contributed by atoms with Crippen LogP contribution in [0.4, 0.5) is 0 Å². The van der Waals surface area contributed by atoms with Crippen molar-refractivity contribution in [3.8, 4) is 0 Å². The molecule has 0 aromatic heterocycles. The third kappa shape index (κ3) is 5.25. The smallest absolute Gasteiger partial charge is 0.244 e. The maximum atomic E-state index is 12.8. The van der Waals surface area contributed by atoms with Gasteiger partial charge in [-0.25, -0.2) is 16.8 Å².